The van der Waals surface area contributed by atoms with Crippen LogP contribution in [0.25, 0.3) is 0 Å². The van der Waals surface area contributed by atoms with Crippen molar-refractivity contribution >= 4 is 6.03 Å². The van der Waals surface area contributed by atoms with Gasteiger partial charge in [0.2, 0.25) is 0 Å². The maximum Gasteiger partial charge on any atom is 0.316 e. The van der Waals surface area contributed by atoms with E-state index in [1.165, 1.54) is 5.69 Å². The Morgan fingerprint density at radius 2 is 2.28 bits per heavy atom. The van der Waals surface area contributed by atoms with Crippen molar-refractivity contribution in [2.24, 2.45) is 5.92 Å². The molecule has 2 amide bonds. The van der Waals surface area contributed by atoms with Crippen molar-refractivity contribution in [1.29, 1.82) is 0 Å². The molecule has 1 aliphatic heterocycles. The molecule has 1 N–H and O–H groups in total. The van der Waals surface area contributed by atoms with Crippen LogP contribution in [-0.2, 0) is 19.6 Å². The molecular formula is C17H26N6O2. The number of hydrogen-bond acceptors (Lipinski definition) is 5. The summed E-state index contributed by atoms with van der Waals surface area (Å²) in [6.45, 7) is 5.97. The fraction of sp³-hybridized carbons (Fsp3) is 0.588. The second kappa shape index (κ2) is 7.69. The van der Waals surface area contributed by atoms with Crippen molar-refractivity contribution in [3.05, 3.63) is 35.5 Å². The summed E-state index contributed by atoms with van der Waals surface area (Å²) in [5.74, 6) is 1.24. The molecule has 2 aromatic rings. The molecule has 8 nitrogen and oxygen atoms in total. The molecule has 1 atom stereocenters. The van der Waals surface area contributed by atoms with Crippen molar-refractivity contribution < 1.29 is 9.32 Å². The molecule has 0 bridgehead atoms. The van der Waals surface area contributed by atoms with Gasteiger partial charge >= 0.3 is 6.03 Å². The summed E-state index contributed by atoms with van der Waals surface area (Å²) >= 11 is 0. The minimum absolute atomic E-state index is 0.0525. The highest BCUT2D eigenvalue weighted by Crippen LogP contribution is 2.20. The average Bonchev–Trinajstić information content (AvgIpc) is 3.12. The first-order chi connectivity index (χ1) is 12.0. The molecule has 2 aromatic heterocycles. The predicted molar refractivity (Wildman–Crippen MR) is 92.8 cm³/mol. The highest BCUT2D eigenvalue weighted by molar-refractivity contribution is 5.73. The summed E-state index contributed by atoms with van der Waals surface area (Å²) in [5.41, 5.74) is 2.16. The van der Waals surface area contributed by atoms with Gasteiger partial charge in [0, 0.05) is 59.1 Å². The second-order valence-electron chi connectivity index (χ2n) is 6.88. The molecule has 0 aromatic carbocycles. The molecule has 0 saturated heterocycles. The van der Waals surface area contributed by atoms with Crippen LogP contribution in [0.4, 0.5) is 4.79 Å². The molecule has 0 aliphatic carbocycles. The molecule has 1 aliphatic rings. The van der Waals surface area contributed by atoms with Crippen LogP contribution in [0.15, 0.2) is 22.9 Å². The van der Waals surface area contributed by atoms with Crippen molar-refractivity contribution in [2.45, 2.75) is 33.0 Å². The molecule has 0 unspecified atom stereocenters. The lowest BCUT2D eigenvalue weighted by molar-refractivity contribution is 0.203. The fourth-order valence-corrected chi connectivity index (χ4v) is 3.19. The lowest BCUT2D eigenvalue weighted by Gasteiger charge is -2.23. The Hall–Kier alpha value is -2.35. The minimum atomic E-state index is -0.0525. The van der Waals surface area contributed by atoms with E-state index in [2.05, 4.69) is 31.2 Å². The van der Waals surface area contributed by atoms with Gasteiger partial charge in [-0.15, -0.1) is 0 Å². The van der Waals surface area contributed by atoms with E-state index >= 15 is 0 Å². The topological polar surface area (TPSA) is 79.4 Å². The maximum absolute atomic E-state index is 11.7. The van der Waals surface area contributed by atoms with Crippen LogP contribution < -0.4 is 5.32 Å². The number of nitrogens with zero attached hydrogens (tertiary/aromatic N) is 5. The van der Waals surface area contributed by atoms with Crippen LogP contribution in [0.5, 0.6) is 0 Å². The number of carbonyl (C=O) groups is 1. The van der Waals surface area contributed by atoms with Gasteiger partial charge in [0.1, 0.15) is 5.76 Å². The zero-order chi connectivity index (χ0) is 17.8. The Kier molecular flexibility index (Phi) is 5.37. The highest BCUT2D eigenvalue weighted by atomic mass is 16.5. The van der Waals surface area contributed by atoms with Gasteiger partial charge in [0.05, 0.1) is 11.4 Å². The molecule has 3 heterocycles. The van der Waals surface area contributed by atoms with E-state index in [0.717, 1.165) is 44.1 Å². The van der Waals surface area contributed by atoms with Crippen molar-refractivity contribution in [3.63, 3.8) is 0 Å². The van der Waals surface area contributed by atoms with E-state index in [1.54, 1.807) is 19.0 Å². The van der Waals surface area contributed by atoms with Crippen LogP contribution in [-0.4, -0.2) is 58.0 Å². The molecule has 8 heteroatoms. The predicted octanol–water partition coefficient (Wildman–Crippen LogP) is 1.47. The number of fused-ring (bicyclic) bond motifs is 1. The molecule has 3 rings (SSSR count). The van der Waals surface area contributed by atoms with Gasteiger partial charge in [-0.1, -0.05) is 5.16 Å². The average molecular weight is 346 g/mol. The van der Waals surface area contributed by atoms with Crippen molar-refractivity contribution in [3.8, 4) is 0 Å². The molecule has 0 fully saturated rings. The minimum Gasteiger partial charge on any atom is -0.361 e. The third kappa shape index (κ3) is 4.60. The number of carbonyl (C=O) groups excluding carboxylic acids is 1. The number of amides is 2. The Bertz CT molecular complexity index is 708. The number of aromatic nitrogens is 3. The van der Waals surface area contributed by atoms with E-state index in [4.69, 9.17) is 4.52 Å². The number of aryl methyl sites for hydroxylation is 1. The number of nitrogens with one attached hydrogen (secondary N) is 1. The number of hydrogen-bond donors (Lipinski definition) is 1. The molecule has 0 radical (unpaired) electrons. The first kappa shape index (κ1) is 17.5. The maximum atomic E-state index is 11.7. The Balaban J connectivity index is 1.63. The summed E-state index contributed by atoms with van der Waals surface area (Å²) in [6.07, 6.45) is 2.76. The molecule has 25 heavy (non-hydrogen) atoms. The van der Waals surface area contributed by atoms with Gasteiger partial charge in [0.25, 0.3) is 0 Å². The molecule has 136 valence electrons. The normalized spacial score (nSPS) is 17.8. The summed E-state index contributed by atoms with van der Waals surface area (Å²) < 4.78 is 7.26. The van der Waals surface area contributed by atoms with E-state index in [1.807, 2.05) is 19.2 Å². The summed E-state index contributed by atoms with van der Waals surface area (Å²) in [6, 6.07) is 3.99. The van der Waals surface area contributed by atoms with Crippen LogP contribution in [0.3, 0.4) is 0 Å². The second-order valence-corrected chi connectivity index (χ2v) is 6.88. The fourth-order valence-electron chi connectivity index (χ4n) is 3.19. The SMILES string of the molecule is Cc1cc(CN2Cc3ccnn3C[C@@H](CCNC(=O)N(C)C)C2)no1. The van der Waals surface area contributed by atoms with Crippen molar-refractivity contribution in [2.75, 3.05) is 27.2 Å². The smallest absolute Gasteiger partial charge is 0.316 e. The Morgan fingerprint density at radius 3 is 3.00 bits per heavy atom. The summed E-state index contributed by atoms with van der Waals surface area (Å²) in [5, 5.41) is 11.5. The van der Waals surface area contributed by atoms with Gasteiger partial charge < -0.3 is 14.7 Å². The first-order valence-electron chi connectivity index (χ1n) is 8.61. The van der Waals surface area contributed by atoms with Crippen LogP contribution >= 0.6 is 0 Å². The summed E-state index contributed by atoms with van der Waals surface area (Å²) in [4.78, 5) is 15.6. The van der Waals surface area contributed by atoms with Gasteiger partial charge in [-0.2, -0.15) is 5.10 Å². The lowest BCUT2D eigenvalue weighted by Crippen LogP contribution is -2.36. The van der Waals surface area contributed by atoms with Gasteiger partial charge in [-0.25, -0.2) is 4.79 Å². The third-order valence-electron chi connectivity index (χ3n) is 4.44. The standard InChI is InChI=1S/C17H26N6O2/c1-13-8-15(20-25-13)11-22-9-14(4-6-18-17(24)21(2)3)10-23-16(12-22)5-7-19-23/h5,7-8,14H,4,6,9-12H2,1-3H3,(H,18,24)/t14-/m0/s1. The number of urea groups is 1. The first-order valence-corrected chi connectivity index (χ1v) is 8.61. The molecular weight excluding hydrogens is 320 g/mol. The van der Waals surface area contributed by atoms with E-state index in [-0.39, 0.29) is 6.03 Å². The van der Waals surface area contributed by atoms with Gasteiger partial charge in [-0.05, 0) is 25.3 Å². The lowest BCUT2D eigenvalue weighted by atomic mass is 10.1. The number of rotatable bonds is 5. The van der Waals surface area contributed by atoms with Gasteiger partial charge in [-0.3, -0.25) is 9.58 Å². The summed E-state index contributed by atoms with van der Waals surface area (Å²) in [7, 11) is 3.50. The zero-order valence-electron chi connectivity index (χ0n) is 15.1. The third-order valence-corrected chi connectivity index (χ3v) is 4.44. The van der Waals surface area contributed by atoms with E-state index in [0.29, 0.717) is 12.5 Å². The van der Waals surface area contributed by atoms with Crippen LogP contribution in [0.2, 0.25) is 0 Å². The van der Waals surface area contributed by atoms with Crippen LogP contribution in [0, 0.1) is 12.8 Å². The molecule has 0 saturated carbocycles. The Labute approximate surface area is 147 Å². The largest absolute Gasteiger partial charge is 0.361 e. The van der Waals surface area contributed by atoms with Crippen LogP contribution in [0.1, 0.15) is 23.6 Å². The zero-order valence-corrected chi connectivity index (χ0v) is 15.1. The van der Waals surface area contributed by atoms with E-state index in [9.17, 15) is 4.79 Å². The Morgan fingerprint density at radius 1 is 1.44 bits per heavy atom. The van der Waals surface area contributed by atoms with Crippen molar-refractivity contribution in [1.82, 2.24) is 30.1 Å². The monoisotopic (exact) mass is 346 g/mol. The molecule has 0 spiro atoms. The van der Waals surface area contributed by atoms with Gasteiger partial charge in [0.15, 0.2) is 0 Å². The van der Waals surface area contributed by atoms with E-state index < -0.39 is 0 Å². The highest BCUT2D eigenvalue weighted by Gasteiger charge is 2.23. The quantitative estimate of drug-likeness (QED) is 0.887.